The highest BCUT2D eigenvalue weighted by Crippen LogP contribution is 2.48. The molecule has 0 heterocycles. The second-order valence-corrected chi connectivity index (χ2v) is 6.08. The highest BCUT2D eigenvalue weighted by atomic mass is 16.5. The molecule has 3 rings (SSSR count). The lowest BCUT2D eigenvalue weighted by atomic mass is 10.1. The number of amides is 1. The number of hydrogen-bond acceptors (Lipinski definition) is 4. The SMILES string of the molecule is COc1ccc(/C=N/N(C)C(=O)[C@@H]2C[C@H]2c2ccccc2)cc1OC. The number of methoxy groups -OCH3 is 2. The quantitative estimate of drug-likeness (QED) is 0.600. The van der Waals surface area contributed by atoms with Crippen LogP contribution in [0.15, 0.2) is 53.6 Å². The van der Waals surface area contributed by atoms with Crippen molar-refractivity contribution in [2.45, 2.75) is 12.3 Å². The molecule has 1 amide bonds. The van der Waals surface area contributed by atoms with E-state index in [0.29, 0.717) is 17.4 Å². The fraction of sp³-hybridized carbons (Fsp3) is 0.300. The average Bonchev–Trinajstić information content (AvgIpc) is 3.46. The number of rotatable bonds is 6. The van der Waals surface area contributed by atoms with Crippen LogP contribution in [0, 0.1) is 5.92 Å². The molecule has 0 saturated heterocycles. The number of carbonyl (C=O) groups excluding carboxylic acids is 1. The number of hydrogen-bond donors (Lipinski definition) is 0. The molecular weight excluding hydrogens is 316 g/mol. The molecule has 1 saturated carbocycles. The van der Waals surface area contributed by atoms with E-state index in [-0.39, 0.29) is 11.8 Å². The fourth-order valence-electron chi connectivity index (χ4n) is 2.92. The fourth-order valence-corrected chi connectivity index (χ4v) is 2.92. The Balaban J connectivity index is 1.63. The van der Waals surface area contributed by atoms with Crippen molar-refractivity contribution < 1.29 is 14.3 Å². The van der Waals surface area contributed by atoms with Crippen LogP contribution in [0.1, 0.15) is 23.5 Å². The summed E-state index contributed by atoms with van der Waals surface area (Å²) in [5.41, 5.74) is 2.06. The molecule has 2 atom stereocenters. The van der Waals surface area contributed by atoms with E-state index in [1.165, 1.54) is 10.6 Å². The van der Waals surface area contributed by atoms with E-state index in [4.69, 9.17) is 9.47 Å². The lowest BCUT2D eigenvalue weighted by molar-refractivity contribution is -0.131. The van der Waals surface area contributed by atoms with Gasteiger partial charge in [0.25, 0.3) is 0 Å². The Bertz CT molecular complexity index is 774. The Labute approximate surface area is 147 Å². The topological polar surface area (TPSA) is 51.1 Å². The smallest absolute Gasteiger partial charge is 0.246 e. The van der Waals surface area contributed by atoms with Gasteiger partial charge < -0.3 is 9.47 Å². The van der Waals surface area contributed by atoms with Crippen molar-refractivity contribution in [2.24, 2.45) is 11.0 Å². The summed E-state index contributed by atoms with van der Waals surface area (Å²) in [6.07, 6.45) is 2.54. The first-order chi connectivity index (χ1) is 12.1. The molecule has 0 unspecified atom stereocenters. The minimum atomic E-state index is 0.0231. The van der Waals surface area contributed by atoms with Gasteiger partial charge in [0.2, 0.25) is 5.91 Å². The molecule has 1 fully saturated rings. The zero-order valence-corrected chi connectivity index (χ0v) is 14.7. The molecule has 5 heteroatoms. The first-order valence-electron chi connectivity index (χ1n) is 8.22. The van der Waals surface area contributed by atoms with Crippen LogP contribution in [0.4, 0.5) is 0 Å². The molecule has 0 aliphatic heterocycles. The van der Waals surface area contributed by atoms with Gasteiger partial charge >= 0.3 is 0 Å². The van der Waals surface area contributed by atoms with Crippen molar-refractivity contribution in [3.63, 3.8) is 0 Å². The standard InChI is InChI=1S/C20H22N2O3/c1-22(20(23)17-12-16(17)15-7-5-4-6-8-15)21-13-14-9-10-18(24-2)19(11-14)25-3/h4-11,13,16-17H,12H2,1-3H3/b21-13+/t16-,17+/m0/s1. The van der Waals surface area contributed by atoms with Gasteiger partial charge in [-0.15, -0.1) is 0 Å². The zero-order valence-electron chi connectivity index (χ0n) is 14.7. The largest absolute Gasteiger partial charge is 0.493 e. The Hall–Kier alpha value is -2.82. The second-order valence-electron chi connectivity index (χ2n) is 6.08. The van der Waals surface area contributed by atoms with Crippen molar-refractivity contribution in [3.8, 4) is 11.5 Å². The molecule has 2 aromatic rings. The van der Waals surface area contributed by atoms with E-state index in [1.54, 1.807) is 27.5 Å². The van der Waals surface area contributed by atoms with Gasteiger partial charge in [-0.3, -0.25) is 4.79 Å². The van der Waals surface area contributed by atoms with Gasteiger partial charge in [-0.2, -0.15) is 5.10 Å². The molecule has 25 heavy (non-hydrogen) atoms. The zero-order chi connectivity index (χ0) is 17.8. The number of ether oxygens (including phenoxy) is 2. The van der Waals surface area contributed by atoms with Crippen LogP contribution in [0.3, 0.4) is 0 Å². The van der Waals surface area contributed by atoms with Crippen molar-refractivity contribution in [2.75, 3.05) is 21.3 Å². The first kappa shape index (κ1) is 17.0. The molecule has 1 aliphatic carbocycles. The van der Waals surface area contributed by atoms with Gasteiger partial charge in [-0.05, 0) is 41.7 Å². The lowest BCUT2D eigenvalue weighted by Gasteiger charge is -2.11. The van der Waals surface area contributed by atoms with Gasteiger partial charge in [0.15, 0.2) is 11.5 Å². The normalized spacial score (nSPS) is 18.8. The van der Waals surface area contributed by atoms with E-state index in [0.717, 1.165) is 12.0 Å². The lowest BCUT2D eigenvalue weighted by Crippen LogP contribution is -2.23. The van der Waals surface area contributed by atoms with Gasteiger partial charge in [0.1, 0.15) is 0 Å². The summed E-state index contributed by atoms with van der Waals surface area (Å²) in [6, 6.07) is 15.7. The Morgan fingerprint density at radius 1 is 1.12 bits per heavy atom. The Morgan fingerprint density at radius 3 is 2.52 bits per heavy atom. The van der Waals surface area contributed by atoms with Crippen LogP contribution >= 0.6 is 0 Å². The summed E-state index contributed by atoms with van der Waals surface area (Å²) >= 11 is 0. The summed E-state index contributed by atoms with van der Waals surface area (Å²) in [4.78, 5) is 12.5. The Morgan fingerprint density at radius 2 is 1.84 bits per heavy atom. The van der Waals surface area contributed by atoms with Crippen LogP contribution in [-0.2, 0) is 4.79 Å². The van der Waals surface area contributed by atoms with Crippen LogP contribution in [-0.4, -0.2) is 38.4 Å². The van der Waals surface area contributed by atoms with E-state index in [2.05, 4.69) is 17.2 Å². The predicted octanol–water partition coefficient (Wildman–Crippen LogP) is 3.30. The van der Waals surface area contributed by atoms with Gasteiger partial charge in [0, 0.05) is 13.0 Å². The maximum Gasteiger partial charge on any atom is 0.246 e. The Kier molecular flexibility index (Phi) is 5.03. The molecule has 0 aromatic heterocycles. The third-order valence-electron chi connectivity index (χ3n) is 4.44. The van der Waals surface area contributed by atoms with Crippen LogP contribution in [0.25, 0.3) is 0 Å². The molecule has 1 aliphatic rings. The van der Waals surface area contributed by atoms with Gasteiger partial charge in [-0.25, -0.2) is 5.01 Å². The van der Waals surface area contributed by atoms with Crippen molar-refractivity contribution in [3.05, 3.63) is 59.7 Å². The summed E-state index contributed by atoms with van der Waals surface area (Å²) in [5, 5.41) is 5.70. The van der Waals surface area contributed by atoms with E-state index < -0.39 is 0 Å². The highest BCUT2D eigenvalue weighted by Gasteiger charge is 2.45. The van der Waals surface area contributed by atoms with E-state index in [9.17, 15) is 4.79 Å². The van der Waals surface area contributed by atoms with E-state index >= 15 is 0 Å². The summed E-state index contributed by atoms with van der Waals surface area (Å²) in [6.45, 7) is 0. The highest BCUT2D eigenvalue weighted by molar-refractivity contribution is 5.86. The maximum atomic E-state index is 12.5. The maximum absolute atomic E-state index is 12.5. The molecule has 0 spiro atoms. The molecule has 2 aromatic carbocycles. The van der Waals surface area contributed by atoms with Gasteiger partial charge in [-0.1, -0.05) is 30.3 Å². The van der Waals surface area contributed by atoms with Crippen LogP contribution in [0.5, 0.6) is 11.5 Å². The molecule has 130 valence electrons. The minimum Gasteiger partial charge on any atom is -0.493 e. The van der Waals surface area contributed by atoms with Crippen molar-refractivity contribution >= 4 is 12.1 Å². The number of nitrogens with zero attached hydrogens (tertiary/aromatic N) is 2. The number of hydrazone groups is 1. The van der Waals surface area contributed by atoms with Crippen LogP contribution < -0.4 is 9.47 Å². The second kappa shape index (κ2) is 7.38. The van der Waals surface area contributed by atoms with E-state index in [1.807, 2.05) is 36.4 Å². The minimum absolute atomic E-state index is 0.0231. The molecule has 0 radical (unpaired) electrons. The average molecular weight is 338 g/mol. The summed E-state index contributed by atoms with van der Waals surface area (Å²) < 4.78 is 10.5. The van der Waals surface area contributed by atoms with Crippen molar-refractivity contribution in [1.82, 2.24) is 5.01 Å². The van der Waals surface area contributed by atoms with Crippen molar-refractivity contribution in [1.29, 1.82) is 0 Å². The first-order valence-corrected chi connectivity index (χ1v) is 8.22. The monoisotopic (exact) mass is 338 g/mol. The molecule has 5 nitrogen and oxygen atoms in total. The van der Waals surface area contributed by atoms with Gasteiger partial charge in [0.05, 0.1) is 20.4 Å². The molecule has 0 N–H and O–H groups in total. The summed E-state index contributed by atoms with van der Waals surface area (Å²) in [7, 11) is 4.88. The molecular formula is C20H22N2O3. The third-order valence-corrected chi connectivity index (χ3v) is 4.44. The van der Waals surface area contributed by atoms with Crippen LogP contribution in [0.2, 0.25) is 0 Å². The summed E-state index contributed by atoms with van der Waals surface area (Å²) in [5.74, 6) is 1.67. The third kappa shape index (κ3) is 3.82. The number of benzene rings is 2. The predicted molar refractivity (Wildman–Crippen MR) is 97.2 cm³/mol. The molecule has 0 bridgehead atoms. The number of carbonyl (C=O) groups is 1.